The Kier molecular flexibility index (Phi) is 2.35. The SMILES string of the molecule is [N-]=[N+]=NCc1ccoc1C(=O)O. The largest absolute Gasteiger partial charge is 0.475 e. The number of hydrogen-bond donors (Lipinski definition) is 1. The molecule has 0 saturated heterocycles. The number of hydrogen-bond acceptors (Lipinski definition) is 3. The molecule has 0 aliphatic heterocycles. The summed E-state index contributed by atoms with van der Waals surface area (Å²) in [5, 5.41) is 11.7. The highest BCUT2D eigenvalue weighted by Gasteiger charge is 2.12. The van der Waals surface area contributed by atoms with Gasteiger partial charge in [0.1, 0.15) is 0 Å². The van der Waals surface area contributed by atoms with E-state index in [4.69, 9.17) is 10.6 Å². The molecule has 1 heterocycles. The van der Waals surface area contributed by atoms with Crippen LogP contribution < -0.4 is 0 Å². The van der Waals surface area contributed by atoms with E-state index in [-0.39, 0.29) is 12.3 Å². The van der Waals surface area contributed by atoms with Gasteiger partial charge in [-0.1, -0.05) is 5.11 Å². The molecule has 0 aliphatic carbocycles. The number of carboxylic acids is 1. The molecular weight excluding hydrogens is 162 g/mol. The zero-order valence-electron chi connectivity index (χ0n) is 5.97. The zero-order valence-corrected chi connectivity index (χ0v) is 5.97. The molecule has 12 heavy (non-hydrogen) atoms. The zero-order chi connectivity index (χ0) is 8.97. The maximum atomic E-state index is 10.4. The van der Waals surface area contributed by atoms with Gasteiger partial charge in [0, 0.05) is 10.5 Å². The van der Waals surface area contributed by atoms with E-state index in [2.05, 4.69) is 14.4 Å². The van der Waals surface area contributed by atoms with Crippen molar-refractivity contribution in [3.8, 4) is 0 Å². The first-order chi connectivity index (χ1) is 5.75. The summed E-state index contributed by atoms with van der Waals surface area (Å²) in [7, 11) is 0. The van der Waals surface area contributed by atoms with Crippen molar-refractivity contribution in [3.63, 3.8) is 0 Å². The molecule has 0 saturated carbocycles. The van der Waals surface area contributed by atoms with Crippen LogP contribution in [0.5, 0.6) is 0 Å². The molecule has 0 fully saturated rings. The summed E-state index contributed by atoms with van der Waals surface area (Å²) in [6, 6.07) is 1.46. The first-order valence-corrected chi connectivity index (χ1v) is 3.06. The van der Waals surface area contributed by atoms with Crippen LogP contribution in [0.25, 0.3) is 10.4 Å². The Morgan fingerprint density at radius 2 is 2.58 bits per heavy atom. The maximum absolute atomic E-state index is 10.4. The molecule has 1 rings (SSSR count). The van der Waals surface area contributed by atoms with Crippen molar-refractivity contribution in [2.75, 3.05) is 0 Å². The van der Waals surface area contributed by atoms with Crippen LogP contribution in [0, 0.1) is 0 Å². The van der Waals surface area contributed by atoms with Gasteiger partial charge in [0.15, 0.2) is 0 Å². The van der Waals surface area contributed by atoms with E-state index in [1.807, 2.05) is 0 Å². The van der Waals surface area contributed by atoms with Gasteiger partial charge in [0.05, 0.1) is 12.8 Å². The van der Waals surface area contributed by atoms with Gasteiger partial charge < -0.3 is 9.52 Å². The first kappa shape index (κ1) is 8.16. The summed E-state index contributed by atoms with van der Waals surface area (Å²) < 4.78 is 4.64. The number of rotatable bonds is 3. The van der Waals surface area contributed by atoms with Crippen molar-refractivity contribution in [2.45, 2.75) is 6.54 Å². The second-order valence-electron chi connectivity index (χ2n) is 1.97. The fraction of sp³-hybridized carbons (Fsp3) is 0.167. The lowest BCUT2D eigenvalue weighted by atomic mass is 10.2. The Hall–Kier alpha value is -1.94. The Morgan fingerprint density at radius 3 is 3.17 bits per heavy atom. The number of furan rings is 1. The fourth-order valence-electron chi connectivity index (χ4n) is 0.756. The van der Waals surface area contributed by atoms with Gasteiger partial charge in [-0.15, -0.1) is 0 Å². The lowest BCUT2D eigenvalue weighted by Crippen LogP contribution is -1.97. The van der Waals surface area contributed by atoms with Gasteiger partial charge in [-0.25, -0.2) is 4.79 Å². The monoisotopic (exact) mass is 167 g/mol. The summed E-state index contributed by atoms with van der Waals surface area (Å²) in [6.07, 6.45) is 1.24. The van der Waals surface area contributed by atoms with Crippen molar-refractivity contribution in [2.24, 2.45) is 5.11 Å². The second kappa shape index (κ2) is 3.45. The molecule has 0 amide bonds. The predicted molar refractivity (Wildman–Crippen MR) is 38.5 cm³/mol. The molecule has 0 radical (unpaired) electrons. The average Bonchev–Trinajstić information content (AvgIpc) is 2.48. The molecular formula is C6H5N3O3. The summed E-state index contributed by atoms with van der Waals surface area (Å²) in [5.74, 6) is -1.34. The molecule has 0 aliphatic rings. The Balaban J connectivity index is 2.91. The summed E-state index contributed by atoms with van der Waals surface area (Å²) in [6.45, 7) is -0.00532. The highest BCUT2D eigenvalue weighted by atomic mass is 16.4. The Morgan fingerprint density at radius 1 is 1.83 bits per heavy atom. The lowest BCUT2D eigenvalue weighted by molar-refractivity contribution is 0.0661. The van der Waals surface area contributed by atoms with Crippen LogP contribution in [0.1, 0.15) is 16.1 Å². The van der Waals surface area contributed by atoms with Crippen LogP contribution in [-0.4, -0.2) is 11.1 Å². The van der Waals surface area contributed by atoms with Crippen molar-refractivity contribution >= 4 is 5.97 Å². The molecule has 0 bridgehead atoms. The topological polar surface area (TPSA) is 99.2 Å². The minimum atomic E-state index is -1.16. The van der Waals surface area contributed by atoms with E-state index in [9.17, 15) is 4.79 Å². The molecule has 6 nitrogen and oxygen atoms in total. The van der Waals surface area contributed by atoms with Crippen molar-refractivity contribution in [1.82, 2.24) is 0 Å². The second-order valence-corrected chi connectivity index (χ2v) is 1.97. The number of aromatic carboxylic acids is 1. The van der Waals surface area contributed by atoms with Crippen LogP contribution in [0.15, 0.2) is 21.9 Å². The highest BCUT2D eigenvalue weighted by Crippen LogP contribution is 2.11. The molecule has 62 valence electrons. The summed E-state index contributed by atoms with van der Waals surface area (Å²) in [4.78, 5) is 12.9. The van der Waals surface area contributed by atoms with E-state index in [1.165, 1.54) is 12.3 Å². The Bertz CT molecular complexity index is 338. The number of carbonyl (C=O) groups is 1. The van der Waals surface area contributed by atoms with E-state index in [0.717, 1.165) is 0 Å². The van der Waals surface area contributed by atoms with E-state index in [1.54, 1.807) is 0 Å². The molecule has 0 unspecified atom stereocenters. The minimum Gasteiger partial charge on any atom is -0.475 e. The predicted octanol–water partition coefficient (Wildman–Crippen LogP) is 1.79. The van der Waals surface area contributed by atoms with E-state index < -0.39 is 5.97 Å². The average molecular weight is 167 g/mol. The maximum Gasteiger partial charge on any atom is 0.372 e. The lowest BCUT2D eigenvalue weighted by Gasteiger charge is -1.90. The third kappa shape index (κ3) is 1.56. The highest BCUT2D eigenvalue weighted by molar-refractivity contribution is 5.86. The van der Waals surface area contributed by atoms with Crippen molar-refractivity contribution in [3.05, 3.63) is 34.1 Å². The smallest absolute Gasteiger partial charge is 0.372 e. The fourth-order valence-corrected chi connectivity index (χ4v) is 0.756. The first-order valence-electron chi connectivity index (χ1n) is 3.06. The van der Waals surface area contributed by atoms with Crippen LogP contribution in [0.3, 0.4) is 0 Å². The molecule has 1 aromatic rings. The normalized spacial score (nSPS) is 9.00. The number of carboxylic acid groups (broad SMARTS) is 1. The quantitative estimate of drug-likeness (QED) is 0.421. The molecule has 0 atom stereocenters. The van der Waals surface area contributed by atoms with Crippen molar-refractivity contribution < 1.29 is 14.3 Å². The molecule has 0 spiro atoms. The molecule has 1 aromatic heterocycles. The molecule has 6 heteroatoms. The summed E-state index contributed by atoms with van der Waals surface area (Å²) in [5.41, 5.74) is 8.35. The van der Waals surface area contributed by atoms with Gasteiger partial charge in [0.2, 0.25) is 5.76 Å². The minimum absolute atomic E-state index is 0.00532. The number of nitrogens with zero attached hydrogens (tertiary/aromatic N) is 3. The van der Waals surface area contributed by atoms with Crippen LogP contribution in [0.2, 0.25) is 0 Å². The Labute approximate surface area is 67.0 Å². The molecule has 1 N–H and O–H groups in total. The van der Waals surface area contributed by atoms with Crippen LogP contribution in [-0.2, 0) is 6.54 Å². The molecule has 0 aromatic carbocycles. The third-order valence-corrected chi connectivity index (χ3v) is 1.25. The van der Waals surface area contributed by atoms with Gasteiger partial charge >= 0.3 is 5.97 Å². The van der Waals surface area contributed by atoms with Gasteiger partial charge in [-0.05, 0) is 11.6 Å². The van der Waals surface area contributed by atoms with Gasteiger partial charge in [-0.2, -0.15) is 0 Å². The van der Waals surface area contributed by atoms with Crippen molar-refractivity contribution in [1.29, 1.82) is 0 Å². The third-order valence-electron chi connectivity index (χ3n) is 1.25. The van der Waals surface area contributed by atoms with Crippen LogP contribution >= 0.6 is 0 Å². The standard InChI is InChI=1S/C6H5N3O3/c7-9-8-3-4-1-2-12-5(4)6(10)11/h1-2H,3H2,(H,10,11). The van der Waals surface area contributed by atoms with Gasteiger partial charge in [0.25, 0.3) is 0 Å². The van der Waals surface area contributed by atoms with E-state index >= 15 is 0 Å². The summed E-state index contributed by atoms with van der Waals surface area (Å²) >= 11 is 0. The van der Waals surface area contributed by atoms with E-state index in [0.29, 0.717) is 5.56 Å². The number of azide groups is 1. The van der Waals surface area contributed by atoms with Crippen LogP contribution in [0.4, 0.5) is 0 Å². The van der Waals surface area contributed by atoms with Gasteiger partial charge in [-0.3, -0.25) is 0 Å².